The van der Waals surface area contributed by atoms with Crippen molar-refractivity contribution in [3.8, 4) is 0 Å². The Labute approximate surface area is 431 Å². The van der Waals surface area contributed by atoms with E-state index >= 15 is 0 Å². The smallest absolute Gasteiger partial charge is 0.306 e. The first-order valence-electron chi connectivity index (χ1n) is 31.5. The van der Waals surface area contributed by atoms with E-state index in [1.54, 1.807) is 0 Å². The molecule has 0 saturated heterocycles. The van der Waals surface area contributed by atoms with Gasteiger partial charge >= 0.3 is 17.9 Å². The molecule has 6 heteroatoms. The highest BCUT2D eigenvalue weighted by molar-refractivity contribution is 5.71. The second-order valence-corrected chi connectivity index (χ2v) is 21.7. The Bertz CT molecular complexity index is 1030. The molecule has 410 valence electrons. The number of hydrogen-bond donors (Lipinski definition) is 0. The summed E-state index contributed by atoms with van der Waals surface area (Å²) >= 11 is 0. The fourth-order valence-corrected chi connectivity index (χ4v) is 9.86. The van der Waals surface area contributed by atoms with Crippen molar-refractivity contribution in [2.75, 3.05) is 13.2 Å². The van der Waals surface area contributed by atoms with Crippen LogP contribution in [0.5, 0.6) is 0 Å². The van der Waals surface area contributed by atoms with Crippen molar-refractivity contribution >= 4 is 17.9 Å². The van der Waals surface area contributed by atoms with Gasteiger partial charge in [-0.15, -0.1) is 0 Å². The average Bonchev–Trinajstić information content (AvgIpc) is 3.35. The van der Waals surface area contributed by atoms with Gasteiger partial charge in [0.05, 0.1) is 0 Å². The minimum atomic E-state index is -0.762. The van der Waals surface area contributed by atoms with Crippen LogP contribution in [-0.2, 0) is 28.6 Å². The van der Waals surface area contributed by atoms with Gasteiger partial charge in [-0.2, -0.15) is 0 Å². The first kappa shape index (κ1) is 67.4. The van der Waals surface area contributed by atoms with E-state index in [9.17, 15) is 14.4 Å². The van der Waals surface area contributed by atoms with Crippen molar-refractivity contribution < 1.29 is 28.6 Å². The number of unbranched alkanes of at least 4 members (excludes halogenated alkanes) is 48. The molecule has 69 heavy (non-hydrogen) atoms. The maximum atomic E-state index is 12.9. The molecule has 0 spiro atoms. The van der Waals surface area contributed by atoms with Crippen molar-refractivity contribution in [1.82, 2.24) is 0 Å². The Hall–Kier alpha value is -1.59. The quantitative estimate of drug-likeness (QED) is 0.0343. The summed E-state index contributed by atoms with van der Waals surface area (Å²) in [5, 5.41) is 0. The molecule has 1 atom stereocenters. The van der Waals surface area contributed by atoms with Gasteiger partial charge in [0.1, 0.15) is 13.2 Å². The summed E-state index contributed by atoms with van der Waals surface area (Å²) in [7, 11) is 0. The molecule has 0 aliphatic heterocycles. The van der Waals surface area contributed by atoms with Gasteiger partial charge in [0.25, 0.3) is 0 Å². The lowest BCUT2D eigenvalue weighted by molar-refractivity contribution is -0.167. The van der Waals surface area contributed by atoms with E-state index < -0.39 is 6.10 Å². The number of carbonyl (C=O) groups is 3. The Morgan fingerprint density at radius 3 is 0.580 bits per heavy atom. The molecule has 0 aromatic rings. The largest absolute Gasteiger partial charge is 0.462 e. The molecule has 0 rings (SSSR count). The molecule has 0 aliphatic rings. The highest BCUT2D eigenvalue weighted by atomic mass is 16.6. The number of rotatable bonds is 59. The second-order valence-electron chi connectivity index (χ2n) is 21.7. The highest BCUT2D eigenvalue weighted by Gasteiger charge is 2.19. The molecule has 6 nitrogen and oxygen atoms in total. The molecule has 0 aromatic heterocycles. The summed E-state index contributed by atoms with van der Waals surface area (Å²) in [5.74, 6) is -0.826. The van der Waals surface area contributed by atoms with Gasteiger partial charge < -0.3 is 14.2 Å². The lowest BCUT2D eigenvalue weighted by Gasteiger charge is -2.18. The fraction of sp³-hybridized carbons (Fsp3) is 0.952. The zero-order valence-corrected chi connectivity index (χ0v) is 47.1. The Morgan fingerprint density at radius 1 is 0.232 bits per heavy atom. The van der Waals surface area contributed by atoms with Gasteiger partial charge in [-0.25, -0.2) is 0 Å². The van der Waals surface area contributed by atoms with E-state index in [0.29, 0.717) is 19.3 Å². The van der Waals surface area contributed by atoms with Gasteiger partial charge in [-0.3, -0.25) is 14.4 Å². The summed E-state index contributed by atoms with van der Waals surface area (Å²) in [5.41, 5.74) is 0. The topological polar surface area (TPSA) is 78.9 Å². The molecule has 0 bridgehead atoms. The molecule has 0 heterocycles. The molecular formula is C63H122O6. The summed E-state index contributed by atoms with van der Waals surface area (Å²) in [6.07, 6.45) is 66.7. The van der Waals surface area contributed by atoms with Gasteiger partial charge in [0, 0.05) is 19.3 Å². The third kappa shape index (κ3) is 57.2. The zero-order valence-electron chi connectivity index (χ0n) is 47.1. The molecule has 0 aliphatic carbocycles. The van der Waals surface area contributed by atoms with Crippen LogP contribution in [0.4, 0.5) is 0 Å². The summed E-state index contributed by atoms with van der Waals surface area (Å²) in [4.78, 5) is 38.2. The van der Waals surface area contributed by atoms with E-state index in [1.165, 1.54) is 270 Å². The van der Waals surface area contributed by atoms with Gasteiger partial charge in [0.15, 0.2) is 6.10 Å². The Morgan fingerprint density at radius 2 is 0.391 bits per heavy atom. The first-order chi connectivity index (χ1) is 34.0. The Balaban J connectivity index is 4.25. The van der Waals surface area contributed by atoms with Crippen LogP contribution in [0.3, 0.4) is 0 Å². The molecule has 0 radical (unpaired) electrons. The molecule has 0 unspecified atom stereocenters. The molecule has 0 saturated carbocycles. The lowest BCUT2D eigenvalue weighted by Crippen LogP contribution is -2.30. The number of ether oxygens (including phenoxy) is 3. The monoisotopic (exact) mass is 975 g/mol. The number of carbonyl (C=O) groups excluding carboxylic acids is 3. The van der Waals surface area contributed by atoms with Crippen LogP contribution in [0, 0.1) is 0 Å². The van der Waals surface area contributed by atoms with E-state index in [4.69, 9.17) is 14.2 Å². The van der Waals surface area contributed by atoms with Gasteiger partial charge in [-0.1, -0.05) is 329 Å². The van der Waals surface area contributed by atoms with Crippen molar-refractivity contribution in [2.45, 2.75) is 374 Å². The summed E-state index contributed by atoms with van der Waals surface area (Å²) in [6.45, 7) is 6.72. The van der Waals surface area contributed by atoms with E-state index in [0.717, 1.165) is 57.8 Å². The van der Waals surface area contributed by atoms with Crippen LogP contribution < -0.4 is 0 Å². The maximum Gasteiger partial charge on any atom is 0.306 e. The van der Waals surface area contributed by atoms with E-state index in [-0.39, 0.29) is 31.1 Å². The molecule has 0 N–H and O–H groups in total. The molecule has 0 amide bonds. The van der Waals surface area contributed by atoms with Crippen LogP contribution in [0.2, 0.25) is 0 Å². The Kier molecular flexibility index (Phi) is 57.6. The lowest BCUT2D eigenvalue weighted by atomic mass is 10.0. The first-order valence-corrected chi connectivity index (χ1v) is 31.5. The van der Waals surface area contributed by atoms with Crippen molar-refractivity contribution in [3.63, 3.8) is 0 Å². The van der Waals surface area contributed by atoms with Crippen molar-refractivity contribution in [2.24, 2.45) is 0 Å². The highest BCUT2D eigenvalue weighted by Crippen LogP contribution is 2.18. The number of hydrogen-bond acceptors (Lipinski definition) is 6. The summed E-state index contributed by atoms with van der Waals surface area (Å²) in [6, 6.07) is 0. The van der Waals surface area contributed by atoms with E-state index in [1.807, 2.05) is 0 Å². The van der Waals surface area contributed by atoms with Crippen LogP contribution in [0.25, 0.3) is 0 Å². The second kappa shape index (κ2) is 59.0. The fourth-order valence-electron chi connectivity index (χ4n) is 9.86. The standard InChI is InChI=1S/C63H122O6/c1-4-7-10-13-16-19-22-25-27-29-31-33-35-38-41-44-47-50-53-56-62(65)68-59-60(58-67-61(64)55-52-49-46-43-40-37-24-21-18-15-12-9-6-3)69-63(66)57-54-51-48-45-42-39-36-34-32-30-28-26-23-20-17-14-11-8-5-2/h60H,4-59H2,1-3H3/t60-/m1/s1. The third-order valence-corrected chi connectivity index (χ3v) is 14.6. The third-order valence-electron chi connectivity index (χ3n) is 14.6. The van der Waals surface area contributed by atoms with Gasteiger partial charge in [-0.05, 0) is 19.3 Å². The van der Waals surface area contributed by atoms with E-state index in [2.05, 4.69) is 20.8 Å². The SMILES string of the molecule is CCCCCCCCCCCCCCCCCCCCCC(=O)OC[C@@H](COC(=O)CCCCCCCCCCCCCCC)OC(=O)CCCCCCCCCCCCCCCCCCCCC. The molecular weight excluding hydrogens is 853 g/mol. The van der Waals surface area contributed by atoms with Crippen LogP contribution in [0.15, 0.2) is 0 Å². The van der Waals surface area contributed by atoms with Crippen molar-refractivity contribution in [1.29, 1.82) is 0 Å². The van der Waals surface area contributed by atoms with Crippen LogP contribution in [-0.4, -0.2) is 37.2 Å². The average molecular weight is 976 g/mol. The zero-order chi connectivity index (χ0) is 50.0. The summed E-state index contributed by atoms with van der Waals surface area (Å²) < 4.78 is 16.9. The number of esters is 3. The molecule has 0 aromatic carbocycles. The minimum absolute atomic E-state index is 0.0606. The predicted molar refractivity (Wildman–Crippen MR) is 298 cm³/mol. The minimum Gasteiger partial charge on any atom is -0.462 e. The van der Waals surface area contributed by atoms with Crippen LogP contribution in [0.1, 0.15) is 367 Å². The van der Waals surface area contributed by atoms with Crippen LogP contribution >= 0.6 is 0 Å². The predicted octanol–water partition coefficient (Wildman–Crippen LogP) is 21.1. The van der Waals surface area contributed by atoms with Gasteiger partial charge in [0.2, 0.25) is 0 Å². The molecule has 0 fully saturated rings. The van der Waals surface area contributed by atoms with Crippen molar-refractivity contribution in [3.05, 3.63) is 0 Å². The maximum absolute atomic E-state index is 12.9. The normalized spacial score (nSPS) is 11.9.